The second kappa shape index (κ2) is 9.29. The predicted molar refractivity (Wildman–Crippen MR) is 123 cm³/mol. The van der Waals surface area contributed by atoms with Crippen LogP contribution in [0.3, 0.4) is 0 Å². The number of nitrogens with zero attached hydrogens (tertiary/aromatic N) is 2. The quantitative estimate of drug-likeness (QED) is 0.601. The molecule has 1 aliphatic heterocycles. The summed E-state index contributed by atoms with van der Waals surface area (Å²) in [6.45, 7) is 2.79. The Kier molecular flexibility index (Phi) is 6.99. The Bertz CT molecular complexity index is 998. The van der Waals surface area contributed by atoms with Crippen molar-refractivity contribution in [1.82, 2.24) is 15.2 Å². The lowest BCUT2D eigenvalue weighted by atomic mass is 9.98. The molecule has 0 spiro atoms. The minimum absolute atomic E-state index is 0. The highest BCUT2D eigenvalue weighted by atomic mass is 35.5. The zero-order chi connectivity index (χ0) is 18.2. The highest BCUT2D eigenvalue weighted by Gasteiger charge is 2.27. The number of aromatic nitrogens is 1. The van der Waals surface area contributed by atoms with Gasteiger partial charge in [0.15, 0.2) is 0 Å². The van der Waals surface area contributed by atoms with Gasteiger partial charge < -0.3 is 10.2 Å². The van der Waals surface area contributed by atoms with Crippen molar-refractivity contribution in [1.29, 1.82) is 0 Å². The van der Waals surface area contributed by atoms with Crippen LogP contribution in [0.5, 0.6) is 0 Å². The maximum Gasteiger partial charge on any atom is 0.256 e. The fraction of sp³-hybridized carbons (Fsp3) is 0.391. The monoisotopic (exact) mass is 431 g/mol. The Balaban J connectivity index is 0.00000120. The largest absolute Gasteiger partial charge is 0.338 e. The van der Waals surface area contributed by atoms with Gasteiger partial charge >= 0.3 is 0 Å². The number of benzene rings is 2. The van der Waals surface area contributed by atoms with E-state index in [9.17, 15) is 4.79 Å². The number of piperidine rings is 1. The highest BCUT2D eigenvalue weighted by Crippen LogP contribution is 2.30. The number of fused-ring (bicyclic) bond motifs is 3. The van der Waals surface area contributed by atoms with Crippen LogP contribution >= 0.6 is 24.8 Å². The first-order valence-corrected chi connectivity index (χ1v) is 10.1. The van der Waals surface area contributed by atoms with Crippen LogP contribution in [0.4, 0.5) is 0 Å². The van der Waals surface area contributed by atoms with Crippen LogP contribution in [0.25, 0.3) is 21.7 Å². The lowest BCUT2D eigenvalue weighted by Gasteiger charge is -2.33. The molecule has 1 aromatic heterocycles. The van der Waals surface area contributed by atoms with Crippen molar-refractivity contribution in [3.8, 4) is 0 Å². The van der Waals surface area contributed by atoms with E-state index in [1.54, 1.807) is 6.20 Å². The van der Waals surface area contributed by atoms with Crippen LogP contribution in [0, 0.1) is 5.92 Å². The fourth-order valence-electron chi connectivity index (χ4n) is 4.20. The molecule has 29 heavy (non-hydrogen) atoms. The normalized spacial score (nSPS) is 17.0. The third-order valence-corrected chi connectivity index (χ3v) is 6.02. The molecule has 1 saturated carbocycles. The molecule has 6 heteroatoms. The lowest BCUT2D eigenvalue weighted by molar-refractivity contribution is 0.0707. The number of rotatable bonds is 4. The summed E-state index contributed by atoms with van der Waals surface area (Å²) in [4.78, 5) is 19.9. The van der Waals surface area contributed by atoms with E-state index in [4.69, 9.17) is 0 Å². The van der Waals surface area contributed by atoms with Gasteiger partial charge in [-0.1, -0.05) is 30.3 Å². The van der Waals surface area contributed by atoms with Crippen LogP contribution in [-0.4, -0.2) is 41.5 Å². The van der Waals surface area contributed by atoms with Crippen molar-refractivity contribution in [2.75, 3.05) is 19.6 Å². The summed E-state index contributed by atoms with van der Waals surface area (Å²) in [5.41, 5.74) is 1.55. The molecule has 1 aliphatic carbocycles. The topological polar surface area (TPSA) is 45.2 Å². The van der Waals surface area contributed by atoms with Crippen LogP contribution in [0.15, 0.2) is 48.7 Å². The molecule has 0 unspecified atom stereocenters. The molecular formula is C23H27Cl2N3O. The third kappa shape index (κ3) is 4.50. The first-order valence-electron chi connectivity index (χ1n) is 10.1. The van der Waals surface area contributed by atoms with E-state index in [1.165, 1.54) is 12.8 Å². The predicted octanol–water partition coefficient (Wildman–Crippen LogP) is 4.84. The van der Waals surface area contributed by atoms with Gasteiger partial charge in [-0.15, -0.1) is 24.8 Å². The van der Waals surface area contributed by atoms with Gasteiger partial charge in [0.1, 0.15) is 0 Å². The smallest absolute Gasteiger partial charge is 0.256 e. The van der Waals surface area contributed by atoms with Crippen molar-refractivity contribution in [3.05, 3.63) is 54.2 Å². The number of amides is 1. The minimum Gasteiger partial charge on any atom is -0.338 e. The average Bonchev–Trinajstić information content (AvgIpc) is 3.56. The Hall–Kier alpha value is -1.88. The van der Waals surface area contributed by atoms with Crippen molar-refractivity contribution < 1.29 is 4.79 Å². The van der Waals surface area contributed by atoms with E-state index >= 15 is 0 Å². The molecular weight excluding hydrogens is 405 g/mol. The first kappa shape index (κ1) is 21.8. The first-order chi connectivity index (χ1) is 13.3. The summed E-state index contributed by atoms with van der Waals surface area (Å²) in [5.74, 6) is 1.02. The van der Waals surface area contributed by atoms with E-state index in [0.717, 1.165) is 65.6 Å². The van der Waals surface area contributed by atoms with Gasteiger partial charge in [0.25, 0.3) is 5.91 Å². The molecule has 1 amide bonds. The molecule has 2 fully saturated rings. The van der Waals surface area contributed by atoms with Gasteiger partial charge in [0.2, 0.25) is 0 Å². The second-order valence-corrected chi connectivity index (χ2v) is 7.96. The van der Waals surface area contributed by atoms with Gasteiger partial charge in [0, 0.05) is 30.7 Å². The molecule has 154 valence electrons. The Morgan fingerprint density at radius 2 is 1.72 bits per heavy atom. The Labute approximate surface area is 183 Å². The number of pyridine rings is 1. The standard InChI is InChI=1S/C23H25N3O.2ClH/c27-23(26-12-9-18(10-13-26)25-15-16-7-8-16)21-14-17-4-1-2-5-19(17)20-6-3-11-24-22(20)21;;/h1-6,11,14,16,18,25H,7-10,12-13,15H2;2*1H. The summed E-state index contributed by atoms with van der Waals surface area (Å²) in [5, 5.41) is 6.99. The molecule has 0 radical (unpaired) electrons. The summed E-state index contributed by atoms with van der Waals surface area (Å²) in [6.07, 6.45) is 6.62. The molecule has 0 bridgehead atoms. The fourth-order valence-corrected chi connectivity index (χ4v) is 4.20. The third-order valence-electron chi connectivity index (χ3n) is 6.02. The van der Waals surface area contributed by atoms with Gasteiger partial charge in [0.05, 0.1) is 11.1 Å². The Morgan fingerprint density at radius 3 is 2.48 bits per heavy atom. The van der Waals surface area contributed by atoms with Gasteiger partial charge in [-0.25, -0.2) is 0 Å². The minimum atomic E-state index is 0. The van der Waals surface area contributed by atoms with Crippen molar-refractivity contribution in [3.63, 3.8) is 0 Å². The summed E-state index contributed by atoms with van der Waals surface area (Å²) in [7, 11) is 0. The molecule has 3 aromatic rings. The number of hydrogen-bond donors (Lipinski definition) is 1. The maximum absolute atomic E-state index is 13.3. The summed E-state index contributed by atoms with van der Waals surface area (Å²) >= 11 is 0. The van der Waals surface area contributed by atoms with E-state index in [2.05, 4.69) is 28.5 Å². The summed E-state index contributed by atoms with van der Waals surface area (Å²) < 4.78 is 0. The zero-order valence-electron chi connectivity index (χ0n) is 16.3. The number of carbonyl (C=O) groups excluding carboxylic acids is 1. The second-order valence-electron chi connectivity index (χ2n) is 7.96. The highest BCUT2D eigenvalue weighted by molar-refractivity contribution is 6.15. The molecule has 5 rings (SSSR count). The lowest BCUT2D eigenvalue weighted by Crippen LogP contribution is -2.45. The van der Waals surface area contributed by atoms with E-state index in [-0.39, 0.29) is 30.7 Å². The van der Waals surface area contributed by atoms with E-state index in [0.29, 0.717) is 6.04 Å². The summed E-state index contributed by atoms with van der Waals surface area (Å²) in [6, 6.07) is 14.8. The average molecular weight is 432 g/mol. The molecule has 2 aromatic carbocycles. The van der Waals surface area contributed by atoms with Crippen molar-refractivity contribution in [2.45, 2.75) is 31.7 Å². The zero-order valence-corrected chi connectivity index (χ0v) is 18.0. The number of likely N-dealkylation sites (tertiary alicyclic amines) is 1. The maximum atomic E-state index is 13.3. The van der Waals surface area contributed by atoms with Crippen LogP contribution in [0.1, 0.15) is 36.0 Å². The van der Waals surface area contributed by atoms with Gasteiger partial charge in [-0.3, -0.25) is 9.78 Å². The molecule has 4 nitrogen and oxygen atoms in total. The van der Waals surface area contributed by atoms with E-state index in [1.807, 2.05) is 29.2 Å². The van der Waals surface area contributed by atoms with Crippen LogP contribution in [0.2, 0.25) is 0 Å². The number of halogens is 2. The number of carbonyl (C=O) groups is 1. The molecule has 2 heterocycles. The molecule has 1 N–H and O–H groups in total. The molecule has 1 saturated heterocycles. The molecule has 0 atom stereocenters. The number of hydrogen-bond acceptors (Lipinski definition) is 3. The van der Waals surface area contributed by atoms with Gasteiger partial charge in [-0.2, -0.15) is 0 Å². The van der Waals surface area contributed by atoms with Crippen LogP contribution < -0.4 is 5.32 Å². The van der Waals surface area contributed by atoms with Gasteiger partial charge in [-0.05, 0) is 61.1 Å². The van der Waals surface area contributed by atoms with Crippen LogP contribution in [-0.2, 0) is 0 Å². The Morgan fingerprint density at radius 1 is 1.00 bits per heavy atom. The SMILES string of the molecule is Cl.Cl.O=C(c1cc2ccccc2c2cccnc12)N1CCC(NCC2CC2)CC1. The molecule has 2 aliphatic rings. The number of nitrogens with one attached hydrogen (secondary N) is 1. The van der Waals surface area contributed by atoms with E-state index < -0.39 is 0 Å². The van der Waals surface area contributed by atoms with Crippen molar-refractivity contribution >= 4 is 52.4 Å². The van der Waals surface area contributed by atoms with Crippen molar-refractivity contribution in [2.24, 2.45) is 5.92 Å².